The van der Waals surface area contributed by atoms with E-state index < -0.39 is 0 Å². The van der Waals surface area contributed by atoms with Crippen molar-refractivity contribution in [3.63, 3.8) is 0 Å². The largest absolute Gasteiger partial charge is 0.379 e. The zero-order chi connectivity index (χ0) is 12.5. The van der Waals surface area contributed by atoms with Gasteiger partial charge in [-0.2, -0.15) is 5.26 Å². The molecular weight excluding hydrogens is 224 g/mol. The second-order valence-corrected chi connectivity index (χ2v) is 5.37. The second kappa shape index (κ2) is 4.62. The number of benzene rings is 1. The highest BCUT2D eigenvalue weighted by atomic mass is 16.5. The molecule has 3 nitrogen and oxygen atoms in total. The molecule has 94 valence electrons. The monoisotopic (exact) mass is 242 g/mol. The van der Waals surface area contributed by atoms with E-state index in [1.165, 1.54) is 18.4 Å². The molecule has 1 aliphatic heterocycles. The lowest BCUT2D eigenvalue weighted by Crippen LogP contribution is -2.31. The van der Waals surface area contributed by atoms with Gasteiger partial charge in [-0.05, 0) is 49.8 Å². The number of ether oxygens (including phenoxy) is 1. The van der Waals surface area contributed by atoms with Crippen molar-refractivity contribution in [2.75, 3.05) is 11.9 Å². The van der Waals surface area contributed by atoms with Crippen molar-refractivity contribution >= 4 is 5.69 Å². The fourth-order valence-electron chi connectivity index (χ4n) is 2.73. The van der Waals surface area contributed by atoms with Gasteiger partial charge in [0.2, 0.25) is 0 Å². The normalized spacial score (nSPS) is 26.9. The van der Waals surface area contributed by atoms with E-state index in [9.17, 15) is 0 Å². The van der Waals surface area contributed by atoms with Gasteiger partial charge in [-0.15, -0.1) is 0 Å². The van der Waals surface area contributed by atoms with E-state index in [0.717, 1.165) is 30.2 Å². The van der Waals surface area contributed by atoms with Gasteiger partial charge in [-0.25, -0.2) is 0 Å². The summed E-state index contributed by atoms with van der Waals surface area (Å²) in [7, 11) is 0. The second-order valence-electron chi connectivity index (χ2n) is 5.37. The maximum atomic E-state index is 9.15. The molecule has 1 saturated carbocycles. The molecule has 1 heterocycles. The molecule has 2 atom stereocenters. The van der Waals surface area contributed by atoms with E-state index in [0.29, 0.717) is 12.1 Å². The predicted octanol–water partition coefficient (Wildman–Crippen LogP) is 2.85. The van der Waals surface area contributed by atoms with Gasteiger partial charge >= 0.3 is 0 Å². The average molecular weight is 242 g/mol. The van der Waals surface area contributed by atoms with Crippen LogP contribution in [-0.2, 0) is 4.74 Å². The highest BCUT2D eigenvalue weighted by Crippen LogP contribution is 2.39. The van der Waals surface area contributed by atoms with E-state index in [2.05, 4.69) is 24.4 Å². The van der Waals surface area contributed by atoms with Crippen molar-refractivity contribution in [2.24, 2.45) is 5.92 Å². The van der Waals surface area contributed by atoms with E-state index in [4.69, 9.17) is 10.00 Å². The molecule has 3 heteroatoms. The fraction of sp³-hybridized carbons (Fsp3) is 0.533. The first-order valence-corrected chi connectivity index (χ1v) is 6.67. The molecule has 0 amide bonds. The summed E-state index contributed by atoms with van der Waals surface area (Å²) in [6.07, 6.45) is 3.97. The van der Waals surface area contributed by atoms with Crippen LogP contribution in [0.4, 0.5) is 5.69 Å². The highest BCUT2D eigenvalue weighted by molar-refractivity contribution is 5.59. The van der Waals surface area contributed by atoms with E-state index in [-0.39, 0.29) is 0 Å². The molecule has 0 bridgehead atoms. The van der Waals surface area contributed by atoms with Gasteiger partial charge in [0, 0.05) is 6.61 Å². The lowest BCUT2D eigenvalue weighted by Gasteiger charge is -2.21. The summed E-state index contributed by atoms with van der Waals surface area (Å²) in [5.41, 5.74) is 2.86. The number of nitrogens with one attached hydrogen (secondary N) is 1. The van der Waals surface area contributed by atoms with Crippen LogP contribution in [0.25, 0.3) is 0 Å². The SMILES string of the molecule is Cc1ccc(C#N)c(NC2CCOC2C2CC2)c1. The summed E-state index contributed by atoms with van der Waals surface area (Å²) >= 11 is 0. The minimum absolute atomic E-state index is 0.344. The Hall–Kier alpha value is -1.53. The van der Waals surface area contributed by atoms with Crippen molar-refractivity contribution in [2.45, 2.75) is 38.3 Å². The molecule has 3 rings (SSSR count). The molecule has 0 aromatic heterocycles. The Morgan fingerprint density at radius 2 is 2.17 bits per heavy atom. The van der Waals surface area contributed by atoms with Gasteiger partial charge in [0.05, 0.1) is 23.4 Å². The summed E-state index contributed by atoms with van der Waals surface area (Å²) in [4.78, 5) is 0. The molecule has 1 N–H and O–H groups in total. The molecule has 0 radical (unpaired) electrons. The number of nitrogens with zero attached hydrogens (tertiary/aromatic N) is 1. The highest BCUT2D eigenvalue weighted by Gasteiger charge is 2.40. The Labute approximate surface area is 108 Å². The molecule has 1 aliphatic carbocycles. The van der Waals surface area contributed by atoms with Crippen LogP contribution in [-0.4, -0.2) is 18.8 Å². The first-order chi connectivity index (χ1) is 8.78. The molecule has 0 spiro atoms. The average Bonchev–Trinajstić information content (AvgIpc) is 3.11. The maximum absolute atomic E-state index is 9.15. The van der Waals surface area contributed by atoms with E-state index in [1.54, 1.807) is 0 Å². The number of rotatable bonds is 3. The van der Waals surface area contributed by atoms with Crippen LogP contribution in [0.15, 0.2) is 18.2 Å². The van der Waals surface area contributed by atoms with Crippen molar-refractivity contribution < 1.29 is 4.74 Å². The van der Waals surface area contributed by atoms with Crippen LogP contribution in [0.2, 0.25) is 0 Å². The number of hydrogen-bond donors (Lipinski definition) is 1. The standard InChI is InChI=1S/C15H18N2O/c1-10-2-3-12(9-16)14(8-10)17-13-6-7-18-15(13)11-4-5-11/h2-3,8,11,13,15,17H,4-7H2,1H3. The van der Waals surface area contributed by atoms with Gasteiger partial charge in [-0.1, -0.05) is 6.07 Å². The van der Waals surface area contributed by atoms with Crippen molar-refractivity contribution in [1.82, 2.24) is 0 Å². The minimum Gasteiger partial charge on any atom is -0.379 e. The maximum Gasteiger partial charge on any atom is 0.101 e. The van der Waals surface area contributed by atoms with Crippen molar-refractivity contribution in [3.8, 4) is 6.07 Å². The molecule has 1 aromatic carbocycles. The van der Waals surface area contributed by atoms with Gasteiger partial charge in [0.15, 0.2) is 0 Å². The van der Waals surface area contributed by atoms with Crippen molar-refractivity contribution in [1.29, 1.82) is 5.26 Å². The Balaban J connectivity index is 1.79. The van der Waals surface area contributed by atoms with Gasteiger partial charge in [-0.3, -0.25) is 0 Å². The summed E-state index contributed by atoms with van der Waals surface area (Å²) in [5, 5.41) is 12.7. The molecular formula is C15H18N2O. The van der Waals surface area contributed by atoms with E-state index >= 15 is 0 Å². The summed E-state index contributed by atoms with van der Waals surface area (Å²) in [5.74, 6) is 0.736. The fourth-order valence-corrected chi connectivity index (χ4v) is 2.73. The number of hydrogen-bond acceptors (Lipinski definition) is 3. The van der Waals surface area contributed by atoms with Crippen molar-refractivity contribution in [3.05, 3.63) is 29.3 Å². The van der Waals surface area contributed by atoms with Gasteiger partial charge < -0.3 is 10.1 Å². The smallest absolute Gasteiger partial charge is 0.101 e. The zero-order valence-corrected chi connectivity index (χ0v) is 10.6. The summed E-state index contributed by atoms with van der Waals surface area (Å²) in [6.45, 7) is 2.89. The summed E-state index contributed by atoms with van der Waals surface area (Å²) < 4.78 is 5.82. The first-order valence-electron chi connectivity index (χ1n) is 6.67. The van der Waals surface area contributed by atoms with Crippen LogP contribution in [0.1, 0.15) is 30.4 Å². The molecule has 18 heavy (non-hydrogen) atoms. The topological polar surface area (TPSA) is 45.0 Å². The quantitative estimate of drug-likeness (QED) is 0.886. The van der Waals surface area contributed by atoms with Crippen LogP contribution >= 0.6 is 0 Å². The predicted molar refractivity (Wildman–Crippen MR) is 70.4 cm³/mol. The number of nitriles is 1. The minimum atomic E-state index is 0.344. The Morgan fingerprint density at radius 1 is 1.33 bits per heavy atom. The third kappa shape index (κ3) is 2.21. The van der Waals surface area contributed by atoms with Gasteiger partial charge in [0.25, 0.3) is 0 Å². The molecule has 1 saturated heterocycles. The van der Waals surface area contributed by atoms with Crippen LogP contribution in [0.5, 0.6) is 0 Å². The van der Waals surface area contributed by atoms with Gasteiger partial charge in [0.1, 0.15) is 6.07 Å². The first kappa shape index (κ1) is 11.6. The molecule has 1 aromatic rings. The zero-order valence-electron chi connectivity index (χ0n) is 10.6. The number of anilines is 1. The molecule has 2 unspecified atom stereocenters. The van der Waals surface area contributed by atoms with E-state index in [1.807, 2.05) is 12.1 Å². The lowest BCUT2D eigenvalue weighted by molar-refractivity contribution is 0.0898. The third-order valence-corrected chi connectivity index (χ3v) is 3.86. The third-order valence-electron chi connectivity index (χ3n) is 3.86. The molecule has 2 fully saturated rings. The number of aryl methyl sites for hydroxylation is 1. The Morgan fingerprint density at radius 3 is 2.89 bits per heavy atom. The Bertz CT molecular complexity index is 488. The molecule has 2 aliphatic rings. The summed E-state index contributed by atoms with van der Waals surface area (Å²) in [6, 6.07) is 8.54. The van der Waals surface area contributed by atoms with Crippen LogP contribution in [0, 0.1) is 24.2 Å². The van der Waals surface area contributed by atoms with Crippen LogP contribution < -0.4 is 5.32 Å². The van der Waals surface area contributed by atoms with Crippen LogP contribution in [0.3, 0.4) is 0 Å². The Kier molecular flexibility index (Phi) is 2.97. The lowest BCUT2D eigenvalue weighted by atomic mass is 10.0.